The molecule has 0 atom stereocenters. The number of aromatic nitrogens is 8. The van der Waals surface area contributed by atoms with Gasteiger partial charge in [-0.05, 0) is 138 Å². The van der Waals surface area contributed by atoms with E-state index in [9.17, 15) is 5.21 Å². The zero-order valence-electron chi connectivity index (χ0n) is 39.6. The Labute approximate surface area is 379 Å². The van der Waals surface area contributed by atoms with Crippen LogP contribution in [0.1, 0.15) is 98.4 Å². The van der Waals surface area contributed by atoms with Gasteiger partial charge in [0.05, 0.1) is 44.4 Å². The largest absolute Gasteiger partial charge is 0.618 e. The molecule has 6 heterocycles. The summed E-state index contributed by atoms with van der Waals surface area (Å²) in [5, 5.41) is 23.0. The molecule has 0 unspecified atom stereocenters. The highest BCUT2D eigenvalue weighted by Crippen LogP contribution is 2.46. The average Bonchev–Trinajstić information content (AvgIpc) is 4.21. The van der Waals surface area contributed by atoms with Crippen molar-refractivity contribution in [2.75, 3.05) is 0 Å². The van der Waals surface area contributed by atoms with Crippen molar-refractivity contribution in [2.24, 2.45) is 14.1 Å². The van der Waals surface area contributed by atoms with Crippen LogP contribution >= 0.6 is 0 Å². The van der Waals surface area contributed by atoms with Crippen molar-refractivity contribution < 1.29 is 15.1 Å². The van der Waals surface area contributed by atoms with Crippen LogP contribution in [-0.2, 0) is 14.1 Å². The molecule has 328 valence electrons. The number of benzene rings is 4. The molecule has 65 heavy (non-hydrogen) atoms. The highest BCUT2D eigenvalue weighted by molar-refractivity contribution is 6.07. The number of imidazole rings is 2. The number of nitrogens with zero attached hydrogens (tertiary/aromatic N) is 8. The van der Waals surface area contributed by atoms with Crippen LogP contribution in [0.25, 0.3) is 88.4 Å². The lowest BCUT2D eigenvalue weighted by Gasteiger charge is -2.14. The van der Waals surface area contributed by atoms with E-state index in [1.807, 2.05) is 64.2 Å². The van der Waals surface area contributed by atoms with Crippen LogP contribution in [0.5, 0.6) is 0 Å². The Morgan fingerprint density at radius 1 is 0.631 bits per heavy atom. The van der Waals surface area contributed by atoms with Crippen LogP contribution in [0.3, 0.4) is 0 Å². The number of rotatable bonds is 6. The summed E-state index contributed by atoms with van der Waals surface area (Å²) in [6.45, 7) is 14.4. The molecule has 0 radical (unpaired) electrons. The zero-order valence-corrected chi connectivity index (χ0v) is 38.6. The summed E-state index contributed by atoms with van der Waals surface area (Å²) in [7, 11) is 4.26. The summed E-state index contributed by atoms with van der Waals surface area (Å²) < 4.78 is 22.7. The minimum absolute atomic E-state index is 0.500. The topological polar surface area (TPSA) is 128 Å². The van der Waals surface area contributed by atoms with E-state index >= 15 is 0 Å². The molecule has 0 saturated heterocycles. The molecule has 11 nitrogen and oxygen atoms in total. The highest BCUT2D eigenvalue weighted by Gasteiger charge is 2.32. The molecular formula is C54H54N8O3. The zero-order chi connectivity index (χ0) is 46.1. The van der Waals surface area contributed by atoms with Crippen molar-refractivity contribution in [1.82, 2.24) is 34.4 Å². The summed E-state index contributed by atoms with van der Waals surface area (Å²) in [5.41, 5.74) is 18.8. The van der Waals surface area contributed by atoms with Gasteiger partial charge in [-0.25, -0.2) is 9.97 Å². The normalized spacial score (nSPS) is 13.9. The molecule has 0 bridgehead atoms. The molecule has 6 aromatic heterocycles. The Morgan fingerprint density at radius 3 is 1.62 bits per heavy atom. The molecular weight excluding hydrogens is 809 g/mol. The van der Waals surface area contributed by atoms with Crippen LogP contribution in [0.2, 0.25) is 0 Å². The van der Waals surface area contributed by atoms with E-state index in [4.69, 9.17) is 20.4 Å². The smallest absolute Gasteiger partial charge is 0.224 e. The van der Waals surface area contributed by atoms with Crippen molar-refractivity contribution in [2.45, 2.75) is 92.9 Å². The molecule has 0 spiro atoms. The Balaban J connectivity index is 0.000000146. The van der Waals surface area contributed by atoms with Crippen molar-refractivity contribution in [3.05, 3.63) is 136 Å². The number of hydrogen-bond donors (Lipinski definition) is 0. The highest BCUT2D eigenvalue weighted by atomic mass is 16.5. The van der Waals surface area contributed by atoms with E-state index in [1.165, 1.54) is 53.7 Å². The maximum Gasteiger partial charge on any atom is 0.224 e. The molecule has 10 aromatic rings. The average molecular weight is 864 g/mol. The summed E-state index contributed by atoms with van der Waals surface area (Å²) in [5.74, 6) is 5.04. The van der Waals surface area contributed by atoms with Gasteiger partial charge in [-0.1, -0.05) is 42.3 Å². The van der Waals surface area contributed by atoms with Gasteiger partial charge in [0.2, 0.25) is 5.52 Å². The maximum absolute atomic E-state index is 12.5. The second-order valence-electron chi connectivity index (χ2n) is 17.6. The van der Waals surface area contributed by atoms with Crippen LogP contribution in [0.4, 0.5) is 0 Å². The van der Waals surface area contributed by atoms with E-state index in [1.54, 1.807) is 13.1 Å². The second kappa shape index (κ2) is 16.1. The Kier molecular flexibility index (Phi) is 10.1. The van der Waals surface area contributed by atoms with Crippen LogP contribution < -0.4 is 4.73 Å². The second-order valence-corrected chi connectivity index (χ2v) is 17.6. The first-order chi connectivity index (χ1) is 31.9. The lowest BCUT2D eigenvalue weighted by molar-refractivity contribution is -0.577. The van der Waals surface area contributed by atoms with Crippen molar-refractivity contribution in [3.63, 3.8) is 0 Å². The van der Waals surface area contributed by atoms with E-state index in [-0.39, 0.29) is 0 Å². The fourth-order valence-corrected chi connectivity index (χ4v) is 9.97. The van der Waals surface area contributed by atoms with Gasteiger partial charge < -0.3 is 23.4 Å². The quantitative estimate of drug-likeness (QED) is 0.119. The van der Waals surface area contributed by atoms with E-state index < -0.39 is 0 Å². The minimum atomic E-state index is 0.500. The molecule has 12 rings (SSSR count). The number of hydrogen-bond acceptors (Lipinski definition) is 8. The first-order valence-electron chi connectivity index (χ1n) is 23.2. The first-order valence-corrected chi connectivity index (χ1v) is 22.5. The fraction of sp³-hybridized carbons (Fsp3) is 0.296. The third-order valence-electron chi connectivity index (χ3n) is 13.2. The van der Waals surface area contributed by atoms with E-state index in [0.29, 0.717) is 24.3 Å². The molecule has 0 aliphatic heterocycles. The summed E-state index contributed by atoms with van der Waals surface area (Å²) in [6, 6.07) is 25.0. The lowest BCUT2D eigenvalue weighted by Crippen LogP contribution is -2.25. The van der Waals surface area contributed by atoms with Gasteiger partial charge in [-0.15, -0.1) is 0 Å². The molecule has 11 heteroatoms. The van der Waals surface area contributed by atoms with Crippen LogP contribution in [-0.4, -0.2) is 34.4 Å². The van der Waals surface area contributed by atoms with Crippen molar-refractivity contribution in [1.29, 1.82) is 0 Å². The van der Waals surface area contributed by atoms with E-state index in [2.05, 4.69) is 94.8 Å². The van der Waals surface area contributed by atoms with Gasteiger partial charge in [-0.3, -0.25) is 4.98 Å². The molecule has 0 amide bonds. The van der Waals surface area contributed by atoms with Gasteiger partial charge in [-0.2, -0.15) is 4.73 Å². The van der Waals surface area contributed by atoms with Gasteiger partial charge in [0, 0.05) is 78.8 Å². The van der Waals surface area contributed by atoms with Gasteiger partial charge in [0.25, 0.3) is 0 Å². The lowest BCUT2D eigenvalue weighted by atomic mass is 9.91. The number of aryl methyl sites for hydroxylation is 8. The standard InChI is InChI=1S/C26H24N4O2.C26H24N4O.C2H6/c1-14-7-10-22-19(6-5-11-30(22)31)23(14)20-12-18(24-15(2)28-32-16(24)3)13-21-25(20)29(4)26(27-21)17-8-9-17;1-14-7-10-21-19(6-5-11-27-21)23(14)20-12-18(24-15(2)29-31-16(24)3)13-22-25(20)30(4)26(28-22)17-8-9-17;1-2/h5-7,10-13,17H,8-9H2,1-4H3;5-7,10-13,17H,8-9H2,1-4H3;1-2H3/i;;1D. The molecule has 4 aromatic carbocycles. The predicted octanol–water partition coefficient (Wildman–Crippen LogP) is 12.8. The van der Waals surface area contributed by atoms with Crippen LogP contribution in [0, 0.1) is 46.7 Å². The fourth-order valence-electron chi connectivity index (χ4n) is 9.97. The summed E-state index contributed by atoms with van der Waals surface area (Å²) >= 11 is 0. The van der Waals surface area contributed by atoms with Crippen molar-refractivity contribution >= 4 is 43.9 Å². The third kappa shape index (κ3) is 7.04. The van der Waals surface area contributed by atoms with Gasteiger partial charge >= 0.3 is 0 Å². The number of fused-ring (bicyclic) bond motifs is 4. The Bertz CT molecular complexity index is 3470. The summed E-state index contributed by atoms with van der Waals surface area (Å²) in [4.78, 5) is 14.8. The summed E-state index contributed by atoms with van der Waals surface area (Å²) in [6.07, 6.45) is 8.22. The number of pyridine rings is 2. The van der Waals surface area contributed by atoms with Gasteiger partial charge in [0.15, 0.2) is 6.20 Å². The predicted molar refractivity (Wildman–Crippen MR) is 259 cm³/mol. The monoisotopic (exact) mass is 863 g/mol. The Morgan fingerprint density at radius 2 is 1.12 bits per heavy atom. The molecule has 2 aliphatic rings. The molecule has 2 fully saturated rings. The minimum Gasteiger partial charge on any atom is -0.618 e. The van der Waals surface area contributed by atoms with Crippen molar-refractivity contribution in [3.8, 4) is 44.5 Å². The first kappa shape index (κ1) is 40.6. The van der Waals surface area contributed by atoms with Crippen LogP contribution in [0.15, 0.2) is 94.2 Å². The third-order valence-corrected chi connectivity index (χ3v) is 13.2. The van der Waals surface area contributed by atoms with Gasteiger partial charge in [0.1, 0.15) is 23.2 Å². The Hall–Kier alpha value is -7.14. The molecule has 2 aliphatic carbocycles. The SMILES string of the molecule is Cc1ccc2c(ccc[n+]2[O-])c1-c1cc(-c2c(C)noc2C)cc2nc(C3CC3)n(C)c12.Cc1ccc2ncccc2c1-c1cc(-c2c(C)noc2C)cc2nc(C3CC3)n(C)c12.[2H]CC. The molecule has 0 N–H and O–H groups in total. The van der Waals surface area contributed by atoms with E-state index in [0.717, 1.165) is 105 Å². The molecule has 2 saturated carbocycles. The maximum atomic E-state index is 12.5.